The molecule has 0 atom stereocenters. The molecule has 1 N–H and O–H groups in total. The molecule has 1 fully saturated rings. The van der Waals surface area contributed by atoms with E-state index in [9.17, 15) is 0 Å². The minimum atomic E-state index is 0.681. The zero-order valence-electron chi connectivity index (χ0n) is 12.4. The number of hydrogen-bond acceptors (Lipinski definition) is 3. The van der Waals surface area contributed by atoms with E-state index in [4.69, 9.17) is 4.98 Å². The van der Waals surface area contributed by atoms with Gasteiger partial charge in [-0.25, -0.2) is 4.98 Å². The van der Waals surface area contributed by atoms with E-state index in [1.54, 1.807) is 0 Å². The van der Waals surface area contributed by atoms with E-state index in [1.165, 1.54) is 38.5 Å². The zero-order chi connectivity index (χ0) is 13.5. The summed E-state index contributed by atoms with van der Waals surface area (Å²) in [5.74, 6) is 1.13. The molecule has 1 aromatic rings. The number of nitrogens with one attached hydrogen (secondary N) is 1. The smallest absolute Gasteiger partial charge is 0.128 e. The molecule has 0 spiro atoms. The standard InChI is InChI=1S/C16H27N3/c1-3-12-17-13-14-8-7-11-16(18-14)19(2)15-9-5-4-6-10-15/h7-8,11,15,17H,3-6,9-10,12-13H2,1-2H3. The third kappa shape index (κ3) is 4.20. The fourth-order valence-corrected chi connectivity index (χ4v) is 2.81. The highest BCUT2D eigenvalue weighted by molar-refractivity contribution is 5.39. The van der Waals surface area contributed by atoms with Gasteiger partial charge in [-0.2, -0.15) is 0 Å². The summed E-state index contributed by atoms with van der Waals surface area (Å²) in [5.41, 5.74) is 1.15. The van der Waals surface area contributed by atoms with Gasteiger partial charge in [0.1, 0.15) is 5.82 Å². The largest absolute Gasteiger partial charge is 0.357 e. The molecule has 1 aromatic heterocycles. The first kappa shape index (κ1) is 14.3. The van der Waals surface area contributed by atoms with Crippen LogP contribution in [-0.4, -0.2) is 24.6 Å². The molecule has 19 heavy (non-hydrogen) atoms. The summed E-state index contributed by atoms with van der Waals surface area (Å²) < 4.78 is 0. The monoisotopic (exact) mass is 261 g/mol. The van der Waals surface area contributed by atoms with Crippen LogP contribution in [0.15, 0.2) is 18.2 Å². The van der Waals surface area contributed by atoms with Gasteiger partial charge in [0.2, 0.25) is 0 Å². The molecule has 0 aliphatic heterocycles. The Balaban J connectivity index is 1.96. The van der Waals surface area contributed by atoms with Crippen LogP contribution in [0.1, 0.15) is 51.1 Å². The van der Waals surface area contributed by atoms with E-state index in [-0.39, 0.29) is 0 Å². The van der Waals surface area contributed by atoms with Crippen molar-refractivity contribution in [3.8, 4) is 0 Å². The van der Waals surface area contributed by atoms with Gasteiger partial charge in [0.15, 0.2) is 0 Å². The van der Waals surface area contributed by atoms with Crippen LogP contribution in [-0.2, 0) is 6.54 Å². The minimum Gasteiger partial charge on any atom is -0.357 e. The number of nitrogens with zero attached hydrogens (tertiary/aromatic N) is 2. The quantitative estimate of drug-likeness (QED) is 0.796. The zero-order valence-corrected chi connectivity index (χ0v) is 12.4. The molecule has 3 heteroatoms. The Bertz CT molecular complexity index is 372. The molecule has 1 aliphatic rings. The van der Waals surface area contributed by atoms with Crippen LogP contribution in [0.4, 0.5) is 5.82 Å². The van der Waals surface area contributed by atoms with Gasteiger partial charge in [-0.15, -0.1) is 0 Å². The Morgan fingerprint density at radius 3 is 2.79 bits per heavy atom. The minimum absolute atomic E-state index is 0.681. The van der Waals surface area contributed by atoms with Gasteiger partial charge < -0.3 is 10.2 Å². The van der Waals surface area contributed by atoms with Gasteiger partial charge in [-0.1, -0.05) is 32.3 Å². The van der Waals surface area contributed by atoms with E-state index in [1.807, 2.05) is 0 Å². The molecule has 0 bridgehead atoms. The van der Waals surface area contributed by atoms with Gasteiger partial charge >= 0.3 is 0 Å². The van der Waals surface area contributed by atoms with Crippen molar-refractivity contribution in [2.45, 2.75) is 58.0 Å². The first-order valence-electron chi connectivity index (χ1n) is 7.70. The van der Waals surface area contributed by atoms with Gasteiger partial charge in [0.25, 0.3) is 0 Å². The average Bonchev–Trinajstić information content (AvgIpc) is 2.48. The van der Waals surface area contributed by atoms with Crippen LogP contribution in [0.3, 0.4) is 0 Å². The molecule has 0 aromatic carbocycles. The summed E-state index contributed by atoms with van der Waals surface area (Å²) in [6, 6.07) is 7.06. The molecule has 1 saturated carbocycles. The molecule has 106 valence electrons. The maximum Gasteiger partial charge on any atom is 0.128 e. The van der Waals surface area contributed by atoms with Crippen LogP contribution in [0.2, 0.25) is 0 Å². The Morgan fingerprint density at radius 1 is 1.26 bits per heavy atom. The molecule has 2 rings (SSSR count). The molecule has 0 radical (unpaired) electrons. The normalized spacial score (nSPS) is 16.5. The lowest BCUT2D eigenvalue weighted by atomic mass is 9.94. The molecular weight excluding hydrogens is 234 g/mol. The van der Waals surface area contributed by atoms with Crippen molar-refractivity contribution in [3.63, 3.8) is 0 Å². The summed E-state index contributed by atoms with van der Waals surface area (Å²) in [4.78, 5) is 7.16. The third-order valence-electron chi connectivity index (χ3n) is 4.01. The van der Waals surface area contributed by atoms with Crippen LogP contribution in [0.5, 0.6) is 0 Å². The molecule has 3 nitrogen and oxygen atoms in total. The Kier molecular flexibility index (Phi) is 5.64. The van der Waals surface area contributed by atoms with Crippen molar-refractivity contribution in [1.82, 2.24) is 10.3 Å². The van der Waals surface area contributed by atoms with Crippen molar-refractivity contribution in [2.75, 3.05) is 18.5 Å². The Labute approximate surface area is 117 Å². The average molecular weight is 261 g/mol. The van der Waals surface area contributed by atoms with E-state index in [0.717, 1.165) is 24.6 Å². The Morgan fingerprint density at radius 2 is 2.05 bits per heavy atom. The lowest BCUT2D eigenvalue weighted by Gasteiger charge is -2.32. The number of rotatable bonds is 6. The van der Waals surface area contributed by atoms with E-state index < -0.39 is 0 Å². The summed E-state index contributed by atoms with van der Waals surface area (Å²) in [5, 5.41) is 3.42. The van der Waals surface area contributed by atoms with Crippen molar-refractivity contribution in [3.05, 3.63) is 23.9 Å². The second-order valence-corrected chi connectivity index (χ2v) is 5.57. The summed E-state index contributed by atoms with van der Waals surface area (Å²) in [6.07, 6.45) is 7.94. The lowest BCUT2D eigenvalue weighted by molar-refractivity contribution is 0.426. The number of pyridine rings is 1. The molecule has 1 heterocycles. The third-order valence-corrected chi connectivity index (χ3v) is 4.01. The number of hydrogen-bond donors (Lipinski definition) is 1. The predicted molar refractivity (Wildman–Crippen MR) is 81.5 cm³/mol. The van der Waals surface area contributed by atoms with Crippen LogP contribution < -0.4 is 10.2 Å². The highest BCUT2D eigenvalue weighted by Gasteiger charge is 2.19. The van der Waals surface area contributed by atoms with E-state index in [2.05, 4.69) is 42.4 Å². The van der Waals surface area contributed by atoms with Crippen molar-refractivity contribution in [2.24, 2.45) is 0 Å². The molecule has 0 amide bonds. The van der Waals surface area contributed by atoms with Crippen molar-refractivity contribution < 1.29 is 0 Å². The van der Waals surface area contributed by atoms with E-state index >= 15 is 0 Å². The summed E-state index contributed by atoms with van der Waals surface area (Å²) >= 11 is 0. The molecular formula is C16H27N3. The maximum atomic E-state index is 4.78. The molecule has 0 unspecified atom stereocenters. The predicted octanol–water partition coefficient (Wildman–Crippen LogP) is 3.35. The number of aromatic nitrogens is 1. The lowest BCUT2D eigenvalue weighted by Crippen LogP contribution is -2.34. The second-order valence-electron chi connectivity index (χ2n) is 5.57. The SMILES string of the molecule is CCCNCc1cccc(N(C)C2CCCCC2)n1. The first-order chi connectivity index (χ1) is 9.31. The van der Waals surface area contributed by atoms with Crippen LogP contribution in [0, 0.1) is 0 Å². The van der Waals surface area contributed by atoms with Gasteiger partial charge in [-0.05, 0) is 37.9 Å². The summed E-state index contributed by atoms with van der Waals surface area (Å²) in [7, 11) is 2.20. The highest BCUT2D eigenvalue weighted by atomic mass is 15.2. The van der Waals surface area contributed by atoms with Gasteiger partial charge in [0, 0.05) is 19.6 Å². The van der Waals surface area contributed by atoms with Gasteiger partial charge in [-0.3, -0.25) is 0 Å². The topological polar surface area (TPSA) is 28.2 Å². The fourth-order valence-electron chi connectivity index (χ4n) is 2.81. The van der Waals surface area contributed by atoms with Crippen LogP contribution >= 0.6 is 0 Å². The summed E-state index contributed by atoms with van der Waals surface area (Å²) in [6.45, 7) is 4.12. The highest BCUT2D eigenvalue weighted by Crippen LogP contribution is 2.24. The maximum absolute atomic E-state index is 4.78. The van der Waals surface area contributed by atoms with E-state index in [0.29, 0.717) is 6.04 Å². The van der Waals surface area contributed by atoms with Gasteiger partial charge in [0.05, 0.1) is 5.69 Å². The molecule has 0 saturated heterocycles. The first-order valence-corrected chi connectivity index (χ1v) is 7.70. The second kappa shape index (κ2) is 7.49. The van der Waals surface area contributed by atoms with Crippen molar-refractivity contribution >= 4 is 5.82 Å². The van der Waals surface area contributed by atoms with Crippen LogP contribution in [0.25, 0.3) is 0 Å². The molecule has 1 aliphatic carbocycles. The Hall–Kier alpha value is -1.09. The number of anilines is 1. The fraction of sp³-hybridized carbons (Fsp3) is 0.688. The van der Waals surface area contributed by atoms with Crippen molar-refractivity contribution in [1.29, 1.82) is 0 Å².